The minimum Gasteiger partial charge on any atom is -0.338 e. The SMILES string of the molecule is Cn1cncc1-c1cncc(C2CCCN(C(=O)c3ccncc3)C2)n1. The number of rotatable bonds is 3. The van der Waals surface area contributed by atoms with Crippen molar-refractivity contribution >= 4 is 5.91 Å². The fraction of sp³-hybridized carbons (Fsp3) is 0.316. The number of hydrogen-bond donors (Lipinski definition) is 0. The first-order chi connectivity index (χ1) is 12.7. The van der Waals surface area contributed by atoms with Gasteiger partial charge >= 0.3 is 0 Å². The highest BCUT2D eigenvalue weighted by atomic mass is 16.2. The molecule has 4 heterocycles. The number of hydrogen-bond acceptors (Lipinski definition) is 5. The van der Waals surface area contributed by atoms with Crippen LogP contribution in [0.15, 0.2) is 49.4 Å². The summed E-state index contributed by atoms with van der Waals surface area (Å²) in [6, 6.07) is 3.52. The van der Waals surface area contributed by atoms with Crippen LogP contribution in [0.2, 0.25) is 0 Å². The normalized spacial score (nSPS) is 17.3. The van der Waals surface area contributed by atoms with Crippen LogP contribution >= 0.6 is 0 Å². The molecule has 1 saturated heterocycles. The fourth-order valence-electron chi connectivity index (χ4n) is 3.39. The molecule has 26 heavy (non-hydrogen) atoms. The molecule has 132 valence electrons. The Bertz CT molecular complexity index is 907. The zero-order chi connectivity index (χ0) is 17.9. The summed E-state index contributed by atoms with van der Waals surface area (Å²) in [7, 11) is 1.94. The van der Waals surface area contributed by atoms with E-state index in [2.05, 4.69) is 15.0 Å². The van der Waals surface area contributed by atoms with E-state index in [4.69, 9.17) is 4.98 Å². The molecule has 1 fully saturated rings. The number of pyridine rings is 1. The van der Waals surface area contributed by atoms with E-state index in [0.29, 0.717) is 12.1 Å². The number of nitrogens with zero attached hydrogens (tertiary/aromatic N) is 6. The molecule has 1 amide bonds. The third kappa shape index (κ3) is 3.20. The lowest BCUT2D eigenvalue weighted by Gasteiger charge is -2.32. The molecule has 1 aliphatic heterocycles. The van der Waals surface area contributed by atoms with Crippen molar-refractivity contribution in [3.8, 4) is 11.4 Å². The van der Waals surface area contributed by atoms with E-state index >= 15 is 0 Å². The molecule has 4 rings (SSSR count). The predicted octanol–water partition coefficient (Wildman–Crippen LogP) is 2.29. The standard InChI is InChI=1S/C19H20N6O/c1-24-13-22-11-18(24)17-10-21-9-16(23-17)15-3-2-8-25(12-15)19(26)14-4-6-20-7-5-14/h4-7,9-11,13,15H,2-3,8,12H2,1H3. The largest absolute Gasteiger partial charge is 0.338 e. The maximum absolute atomic E-state index is 12.7. The number of imidazole rings is 1. The first-order valence-corrected chi connectivity index (χ1v) is 8.70. The smallest absolute Gasteiger partial charge is 0.253 e. The van der Waals surface area contributed by atoms with Crippen molar-refractivity contribution in [3.63, 3.8) is 0 Å². The van der Waals surface area contributed by atoms with Crippen LogP contribution in [0.25, 0.3) is 11.4 Å². The Morgan fingerprint density at radius 3 is 2.73 bits per heavy atom. The van der Waals surface area contributed by atoms with Crippen LogP contribution in [0.4, 0.5) is 0 Å². The fourth-order valence-corrected chi connectivity index (χ4v) is 3.39. The molecule has 0 aromatic carbocycles. The molecule has 3 aromatic heterocycles. The Balaban J connectivity index is 1.55. The molecule has 7 heteroatoms. The van der Waals surface area contributed by atoms with Crippen molar-refractivity contribution < 1.29 is 4.79 Å². The second kappa shape index (κ2) is 7.03. The molecule has 1 unspecified atom stereocenters. The van der Waals surface area contributed by atoms with Gasteiger partial charge in [-0.3, -0.25) is 14.8 Å². The van der Waals surface area contributed by atoms with Gasteiger partial charge in [-0.15, -0.1) is 0 Å². The monoisotopic (exact) mass is 348 g/mol. The molecule has 0 N–H and O–H groups in total. The van der Waals surface area contributed by atoms with Crippen LogP contribution in [0, 0.1) is 0 Å². The van der Waals surface area contributed by atoms with Gasteiger partial charge in [0, 0.05) is 50.2 Å². The topological polar surface area (TPSA) is 76.8 Å². The zero-order valence-corrected chi connectivity index (χ0v) is 14.6. The summed E-state index contributed by atoms with van der Waals surface area (Å²) in [6.07, 6.45) is 12.4. The van der Waals surface area contributed by atoms with E-state index < -0.39 is 0 Å². The molecular formula is C19H20N6O. The van der Waals surface area contributed by atoms with Gasteiger partial charge < -0.3 is 9.47 Å². The first-order valence-electron chi connectivity index (χ1n) is 8.70. The molecule has 3 aromatic rings. The Morgan fingerprint density at radius 1 is 1.12 bits per heavy atom. The average Bonchev–Trinajstić information content (AvgIpc) is 3.14. The van der Waals surface area contributed by atoms with E-state index in [1.807, 2.05) is 22.7 Å². The van der Waals surface area contributed by atoms with E-state index in [1.54, 1.807) is 43.2 Å². The molecule has 1 atom stereocenters. The summed E-state index contributed by atoms with van der Waals surface area (Å²) in [5.74, 6) is 0.239. The maximum Gasteiger partial charge on any atom is 0.253 e. The highest BCUT2D eigenvalue weighted by molar-refractivity contribution is 5.94. The van der Waals surface area contributed by atoms with E-state index in [9.17, 15) is 4.79 Å². The molecule has 0 spiro atoms. The zero-order valence-electron chi connectivity index (χ0n) is 14.6. The van der Waals surface area contributed by atoms with Gasteiger partial charge in [-0.1, -0.05) is 0 Å². The minimum atomic E-state index is 0.0489. The summed E-state index contributed by atoms with van der Waals surface area (Å²) in [6.45, 7) is 1.43. The highest BCUT2D eigenvalue weighted by Crippen LogP contribution is 2.27. The van der Waals surface area contributed by atoms with Crippen LogP contribution < -0.4 is 0 Å². The Hall–Kier alpha value is -3.09. The second-order valence-corrected chi connectivity index (χ2v) is 6.55. The Kier molecular flexibility index (Phi) is 4.43. The number of piperidine rings is 1. The maximum atomic E-state index is 12.7. The first kappa shape index (κ1) is 16.4. The van der Waals surface area contributed by atoms with Crippen molar-refractivity contribution in [2.75, 3.05) is 13.1 Å². The molecule has 0 aliphatic carbocycles. The van der Waals surface area contributed by atoms with Crippen LogP contribution in [-0.4, -0.2) is 48.4 Å². The molecule has 0 bridgehead atoms. The highest BCUT2D eigenvalue weighted by Gasteiger charge is 2.26. The molecule has 0 saturated carbocycles. The molecule has 7 nitrogen and oxygen atoms in total. The van der Waals surface area contributed by atoms with Gasteiger partial charge in [-0.2, -0.15) is 0 Å². The van der Waals surface area contributed by atoms with Gasteiger partial charge in [0.15, 0.2) is 0 Å². The van der Waals surface area contributed by atoms with Crippen molar-refractivity contribution in [2.24, 2.45) is 7.05 Å². The van der Waals surface area contributed by atoms with E-state index in [-0.39, 0.29) is 11.8 Å². The minimum absolute atomic E-state index is 0.0489. The number of carbonyl (C=O) groups excluding carboxylic acids is 1. The van der Waals surface area contributed by atoms with Crippen molar-refractivity contribution in [1.29, 1.82) is 0 Å². The van der Waals surface area contributed by atoms with Crippen molar-refractivity contribution in [1.82, 2.24) is 29.4 Å². The number of amides is 1. The predicted molar refractivity (Wildman–Crippen MR) is 96.3 cm³/mol. The van der Waals surface area contributed by atoms with Gasteiger partial charge in [0.25, 0.3) is 5.91 Å². The van der Waals surface area contributed by atoms with E-state index in [0.717, 1.165) is 36.5 Å². The lowest BCUT2D eigenvalue weighted by atomic mass is 9.94. The number of aryl methyl sites for hydroxylation is 1. The lowest BCUT2D eigenvalue weighted by molar-refractivity contribution is 0.0705. The van der Waals surface area contributed by atoms with Gasteiger partial charge in [0.1, 0.15) is 5.69 Å². The van der Waals surface area contributed by atoms with Crippen molar-refractivity contribution in [2.45, 2.75) is 18.8 Å². The van der Waals surface area contributed by atoms with Crippen LogP contribution in [0.1, 0.15) is 34.8 Å². The van der Waals surface area contributed by atoms with Crippen LogP contribution in [-0.2, 0) is 7.05 Å². The number of aromatic nitrogens is 5. The van der Waals surface area contributed by atoms with Gasteiger partial charge in [-0.05, 0) is 25.0 Å². The van der Waals surface area contributed by atoms with Gasteiger partial charge in [0.2, 0.25) is 0 Å². The number of likely N-dealkylation sites (tertiary alicyclic amines) is 1. The third-order valence-electron chi connectivity index (χ3n) is 4.79. The molecule has 0 radical (unpaired) electrons. The molecule has 1 aliphatic rings. The Labute approximate surface area is 151 Å². The van der Waals surface area contributed by atoms with Crippen molar-refractivity contribution in [3.05, 3.63) is 60.7 Å². The average molecular weight is 348 g/mol. The summed E-state index contributed by atoms with van der Waals surface area (Å²) >= 11 is 0. The summed E-state index contributed by atoms with van der Waals surface area (Å²) in [5, 5.41) is 0. The second-order valence-electron chi connectivity index (χ2n) is 6.55. The quantitative estimate of drug-likeness (QED) is 0.726. The summed E-state index contributed by atoms with van der Waals surface area (Å²) in [4.78, 5) is 31.9. The van der Waals surface area contributed by atoms with Crippen LogP contribution in [0.3, 0.4) is 0 Å². The van der Waals surface area contributed by atoms with Crippen LogP contribution in [0.5, 0.6) is 0 Å². The van der Waals surface area contributed by atoms with Gasteiger partial charge in [0.05, 0.1) is 30.1 Å². The van der Waals surface area contributed by atoms with E-state index in [1.165, 1.54) is 0 Å². The number of carbonyl (C=O) groups is 1. The Morgan fingerprint density at radius 2 is 1.96 bits per heavy atom. The third-order valence-corrected chi connectivity index (χ3v) is 4.79. The summed E-state index contributed by atoms with van der Waals surface area (Å²) in [5.41, 5.74) is 3.34. The summed E-state index contributed by atoms with van der Waals surface area (Å²) < 4.78 is 1.92. The molecular weight excluding hydrogens is 328 g/mol. The lowest BCUT2D eigenvalue weighted by Crippen LogP contribution is -2.39. The van der Waals surface area contributed by atoms with Gasteiger partial charge in [-0.25, -0.2) is 9.97 Å².